The predicted octanol–water partition coefficient (Wildman–Crippen LogP) is 3.97. The van der Waals surface area contributed by atoms with Crippen molar-refractivity contribution >= 4 is 34.1 Å². The minimum atomic E-state index is -0.459. The van der Waals surface area contributed by atoms with Crippen LogP contribution in [0, 0.1) is 0 Å². The fourth-order valence-electron chi connectivity index (χ4n) is 5.45. The number of amides is 1. The van der Waals surface area contributed by atoms with Gasteiger partial charge in [0.2, 0.25) is 5.91 Å². The van der Waals surface area contributed by atoms with Crippen LogP contribution in [0.5, 0.6) is 0 Å². The molecule has 10 heteroatoms. The molecule has 2 aliphatic rings. The molecule has 0 spiro atoms. The molecule has 2 aromatic heterocycles. The monoisotopic (exact) mass is 558 g/mol. The third-order valence-electron chi connectivity index (χ3n) is 7.97. The molecule has 0 bridgehead atoms. The van der Waals surface area contributed by atoms with E-state index < -0.39 is 5.54 Å². The molecule has 1 N–H and O–H groups in total. The SMILES string of the molecule is COCc1ccc(-n2cnc3cc(-c4cncc(Cl)c4)ccc3c2=O)cc1NC(=O)C1(N2CCN(C)CC2)CC1. The zero-order chi connectivity index (χ0) is 27.9. The number of piperazine rings is 1. The van der Waals surface area contributed by atoms with Gasteiger partial charge >= 0.3 is 0 Å². The number of aromatic nitrogens is 3. The Morgan fingerprint density at radius 2 is 1.85 bits per heavy atom. The minimum Gasteiger partial charge on any atom is -0.380 e. The molecule has 9 nitrogen and oxygen atoms in total. The highest BCUT2D eigenvalue weighted by molar-refractivity contribution is 6.30. The fourth-order valence-corrected chi connectivity index (χ4v) is 5.62. The molecule has 6 rings (SSSR count). The van der Waals surface area contributed by atoms with E-state index in [4.69, 9.17) is 16.3 Å². The Bertz CT molecular complexity index is 1640. The van der Waals surface area contributed by atoms with Gasteiger partial charge in [0.1, 0.15) is 11.9 Å². The Morgan fingerprint density at radius 3 is 2.58 bits per heavy atom. The number of fused-ring (bicyclic) bond motifs is 1. The first-order valence-electron chi connectivity index (χ1n) is 13.4. The van der Waals surface area contributed by atoms with Crippen LogP contribution in [0.3, 0.4) is 0 Å². The molecule has 0 atom stereocenters. The molecule has 0 unspecified atom stereocenters. The number of ether oxygens (including phenoxy) is 1. The molecule has 206 valence electrons. The number of nitrogens with one attached hydrogen (secondary N) is 1. The second kappa shape index (κ2) is 10.7. The van der Waals surface area contributed by atoms with E-state index in [1.807, 2.05) is 36.4 Å². The minimum absolute atomic E-state index is 0.00132. The Labute approximate surface area is 237 Å². The number of pyridine rings is 1. The van der Waals surface area contributed by atoms with E-state index in [2.05, 4.69) is 32.1 Å². The molecular formula is C30H31ClN6O3. The molecule has 40 heavy (non-hydrogen) atoms. The quantitative estimate of drug-likeness (QED) is 0.367. The van der Waals surface area contributed by atoms with Crippen LogP contribution in [0.1, 0.15) is 18.4 Å². The topological polar surface area (TPSA) is 92.6 Å². The lowest BCUT2D eigenvalue weighted by molar-refractivity contribution is -0.123. The summed E-state index contributed by atoms with van der Waals surface area (Å²) in [5, 5.41) is 4.20. The van der Waals surface area contributed by atoms with Crippen molar-refractivity contribution in [1.29, 1.82) is 0 Å². The number of nitrogens with zero attached hydrogens (tertiary/aromatic N) is 5. The molecule has 3 heterocycles. The van der Waals surface area contributed by atoms with Gasteiger partial charge in [-0.2, -0.15) is 0 Å². The van der Waals surface area contributed by atoms with Crippen molar-refractivity contribution in [3.05, 3.63) is 82.1 Å². The summed E-state index contributed by atoms with van der Waals surface area (Å²) in [6.07, 6.45) is 6.52. The maximum Gasteiger partial charge on any atom is 0.265 e. The van der Waals surface area contributed by atoms with Gasteiger partial charge in [-0.25, -0.2) is 4.98 Å². The van der Waals surface area contributed by atoms with Gasteiger partial charge in [0.05, 0.1) is 28.2 Å². The molecule has 0 radical (unpaired) electrons. The van der Waals surface area contributed by atoms with Crippen molar-refractivity contribution in [3.63, 3.8) is 0 Å². The van der Waals surface area contributed by atoms with Crippen LogP contribution in [0.15, 0.2) is 66.0 Å². The van der Waals surface area contributed by atoms with Crippen molar-refractivity contribution in [2.24, 2.45) is 0 Å². The molecule has 1 saturated carbocycles. The number of likely N-dealkylation sites (N-methyl/N-ethyl adjacent to an activating group) is 1. The summed E-state index contributed by atoms with van der Waals surface area (Å²) >= 11 is 6.11. The number of anilines is 1. The number of hydrogen-bond acceptors (Lipinski definition) is 7. The van der Waals surface area contributed by atoms with Crippen molar-refractivity contribution in [2.75, 3.05) is 45.7 Å². The molecule has 1 aliphatic carbocycles. The highest BCUT2D eigenvalue weighted by Crippen LogP contribution is 2.43. The van der Waals surface area contributed by atoms with Crippen molar-refractivity contribution < 1.29 is 9.53 Å². The third-order valence-corrected chi connectivity index (χ3v) is 8.18. The van der Waals surface area contributed by atoms with E-state index in [9.17, 15) is 9.59 Å². The van der Waals surface area contributed by atoms with Crippen LogP contribution in [0.2, 0.25) is 5.02 Å². The fraction of sp³-hybridized carbons (Fsp3) is 0.333. The van der Waals surface area contributed by atoms with Gasteiger partial charge < -0.3 is 15.0 Å². The maximum absolute atomic E-state index is 13.6. The first-order chi connectivity index (χ1) is 19.4. The number of benzene rings is 2. The Balaban J connectivity index is 1.31. The summed E-state index contributed by atoms with van der Waals surface area (Å²) in [6.45, 7) is 4.00. The lowest BCUT2D eigenvalue weighted by Gasteiger charge is -2.37. The molecule has 4 aromatic rings. The second-order valence-electron chi connectivity index (χ2n) is 10.6. The number of halogens is 1. The number of carbonyl (C=O) groups is 1. The van der Waals surface area contributed by atoms with Crippen LogP contribution in [-0.2, 0) is 16.1 Å². The molecule has 1 saturated heterocycles. The van der Waals surface area contributed by atoms with E-state index in [0.29, 0.717) is 33.9 Å². The first-order valence-corrected chi connectivity index (χ1v) is 13.8. The third kappa shape index (κ3) is 5.01. The van der Waals surface area contributed by atoms with Gasteiger partial charge in [0, 0.05) is 62.5 Å². The Morgan fingerprint density at radius 1 is 1.05 bits per heavy atom. The van der Waals surface area contributed by atoms with Gasteiger partial charge in [-0.1, -0.05) is 23.7 Å². The van der Waals surface area contributed by atoms with E-state index in [1.54, 1.807) is 25.6 Å². The summed E-state index contributed by atoms with van der Waals surface area (Å²) < 4.78 is 6.90. The van der Waals surface area contributed by atoms with Gasteiger partial charge in [-0.15, -0.1) is 0 Å². The summed E-state index contributed by atoms with van der Waals surface area (Å²) in [4.78, 5) is 40.5. The van der Waals surface area contributed by atoms with Crippen molar-refractivity contribution in [3.8, 4) is 16.8 Å². The normalized spacial score (nSPS) is 17.2. The van der Waals surface area contributed by atoms with Crippen molar-refractivity contribution in [2.45, 2.75) is 25.0 Å². The summed E-state index contributed by atoms with van der Waals surface area (Å²) in [6, 6.07) is 12.9. The molecule has 1 aliphatic heterocycles. The van der Waals surface area contributed by atoms with Gasteiger partial charge in [0.25, 0.3) is 5.56 Å². The van der Waals surface area contributed by atoms with Gasteiger partial charge in [0.15, 0.2) is 0 Å². The van der Waals surface area contributed by atoms with Crippen LogP contribution in [0.25, 0.3) is 27.7 Å². The molecular weight excluding hydrogens is 528 g/mol. The van der Waals surface area contributed by atoms with E-state index in [1.165, 1.54) is 10.9 Å². The number of methoxy groups -OCH3 is 1. The summed E-state index contributed by atoms with van der Waals surface area (Å²) in [5.74, 6) is -0.00132. The maximum atomic E-state index is 13.6. The van der Waals surface area contributed by atoms with E-state index in [0.717, 1.165) is 55.7 Å². The van der Waals surface area contributed by atoms with Crippen LogP contribution < -0.4 is 10.9 Å². The highest BCUT2D eigenvalue weighted by atomic mass is 35.5. The summed E-state index contributed by atoms with van der Waals surface area (Å²) in [5.41, 5.74) is 3.73. The van der Waals surface area contributed by atoms with Gasteiger partial charge in [-0.3, -0.25) is 24.0 Å². The van der Waals surface area contributed by atoms with Crippen LogP contribution in [-0.4, -0.2) is 76.1 Å². The zero-order valence-electron chi connectivity index (χ0n) is 22.6. The number of rotatable bonds is 7. The van der Waals surface area contributed by atoms with E-state index >= 15 is 0 Å². The van der Waals surface area contributed by atoms with E-state index in [-0.39, 0.29) is 11.5 Å². The molecule has 2 fully saturated rings. The Kier molecular flexibility index (Phi) is 7.14. The lowest BCUT2D eigenvalue weighted by Crippen LogP contribution is -2.54. The van der Waals surface area contributed by atoms with Crippen molar-refractivity contribution in [1.82, 2.24) is 24.3 Å². The summed E-state index contributed by atoms with van der Waals surface area (Å²) in [7, 11) is 3.73. The largest absolute Gasteiger partial charge is 0.380 e. The second-order valence-corrected chi connectivity index (χ2v) is 11.0. The molecule has 1 amide bonds. The van der Waals surface area contributed by atoms with Crippen LogP contribution >= 0.6 is 11.6 Å². The predicted molar refractivity (Wildman–Crippen MR) is 156 cm³/mol. The standard InChI is InChI=1S/C30H31ClN6O3/c1-35-9-11-36(12-10-35)30(7-8-30)29(39)34-26-15-24(5-3-21(26)18-40-2)37-19-33-27-14-20(4-6-25(27)28(37)38)22-13-23(31)17-32-16-22/h3-6,13-17,19H,7-12,18H2,1-2H3,(H,34,39). The lowest BCUT2D eigenvalue weighted by atomic mass is 10.1. The average molecular weight is 559 g/mol. The highest BCUT2D eigenvalue weighted by Gasteiger charge is 2.54. The van der Waals surface area contributed by atoms with Gasteiger partial charge in [-0.05, 0) is 55.8 Å². The number of hydrogen-bond donors (Lipinski definition) is 1. The molecule has 2 aromatic carbocycles. The first kappa shape index (κ1) is 26.6. The zero-order valence-corrected chi connectivity index (χ0v) is 23.3. The Hall–Kier alpha value is -3.63. The smallest absolute Gasteiger partial charge is 0.265 e. The van der Waals surface area contributed by atoms with Crippen LogP contribution in [0.4, 0.5) is 5.69 Å². The average Bonchev–Trinajstić information content (AvgIpc) is 3.77. The number of carbonyl (C=O) groups excluding carboxylic acids is 1.